The Morgan fingerprint density at radius 1 is 1.43 bits per heavy atom. The van der Waals surface area contributed by atoms with Crippen molar-refractivity contribution < 1.29 is 0 Å². The summed E-state index contributed by atoms with van der Waals surface area (Å²) in [6, 6.07) is 0. The molecule has 1 N–H and O–H groups in total. The fraction of sp³-hybridized carbons (Fsp3) is 0.688. The molecular weight excluding hydrogens is 280 g/mol. The number of imidazole rings is 1. The second-order valence-corrected chi connectivity index (χ2v) is 7.90. The van der Waals surface area contributed by atoms with Crippen LogP contribution in [0.5, 0.6) is 0 Å². The SMILES string of the molecule is CC(C)CNCc1c(N2CCCC2(C)C)nc2sccn12. The van der Waals surface area contributed by atoms with Gasteiger partial charge in [0.2, 0.25) is 0 Å². The van der Waals surface area contributed by atoms with Crippen molar-refractivity contribution in [1.29, 1.82) is 0 Å². The van der Waals surface area contributed by atoms with Crippen molar-refractivity contribution in [2.45, 2.75) is 52.6 Å². The smallest absolute Gasteiger partial charge is 0.195 e. The van der Waals surface area contributed by atoms with Gasteiger partial charge in [-0.15, -0.1) is 11.3 Å². The van der Waals surface area contributed by atoms with Gasteiger partial charge in [-0.05, 0) is 39.2 Å². The third-order valence-electron chi connectivity index (χ3n) is 4.34. The van der Waals surface area contributed by atoms with Crippen LogP contribution in [-0.4, -0.2) is 28.0 Å². The predicted molar refractivity (Wildman–Crippen MR) is 90.3 cm³/mol. The van der Waals surface area contributed by atoms with Crippen LogP contribution in [0.3, 0.4) is 0 Å². The Morgan fingerprint density at radius 3 is 2.90 bits per heavy atom. The van der Waals surface area contributed by atoms with E-state index >= 15 is 0 Å². The molecule has 2 aromatic heterocycles. The molecule has 0 saturated carbocycles. The summed E-state index contributed by atoms with van der Waals surface area (Å²) in [5, 5.41) is 5.70. The summed E-state index contributed by atoms with van der Waals surface area (Å²) in [6.45, 7) is 12.2. The molecular formula is C16H26N4S. The molecule has 0 unspecified atom stereocenters. The molecule has 0 radical (unpaired) electrons. The van der Waals surface area contributed by atoms with Crippen LogP contribution < -0.4 is 10.2 Å². The van der Waals surface area contributed by atoms with E-state index in [1.807, 2.05) is 0 Å². The summed E-state index contributed by atoms with van der Waals surface area (Å²) < 4.78 is 2.25. The summed E-state index contributed by atoms with van der Waals surface area (Å²) in [7, 11) is 0. The highest BCUT2D eigenvalue weighted by Crippen LogP contribution is 2.36. The first-order valence-electron chi connectivity index (χ1n) is 7.92. The maximum Gasteiger partial charge on any atom is 0.195 e. The lowest BCUT2D eigenvalue weighted by atomic mass is 10.0. The van der Waals surface area contributed by atoms with Gasteiger partial charge in [-0.1, -0.05) is 13.8 Å². The number of thiazole rings is 1. The minimum Gasteiger partial charge on any atom is -0.350 e. The van der Waals surface area contributed by atoms with Gasteiger partial charge in [-0.25, -0.2) is 4.98 Å². The van der Waals surface area contributed by atoms with Gasteiger partial charge in [0.05, 0.1) is 5.69 Å². The molecule has 2 aromatic rings. The first kappa shape index (κ1) is 14.9. The van der Waals surface area contributed by atoms with Crippen molar-refractivity contribution in [3.63, 3.8) is 0 Å². The number of aromatic nitrogens is 2. The van der Waals surface area contributed by atoms with Crippen molar-refractivity contribution in [1.82, 2.24) is 14.7 Å². The molecule has 1 saturated heterocycles. The molecule has 1 fully saturated rings. The Hall–Kier alpha value is -1.07. The molecule has 5 heteroatoms. The second kappa shape index (κ2) is 5.61. The third-order valence-corrected chi connectivity index (χ3v) is 5.10. The van der Waals surface area contributed by atoms with E-state index in [9.17, 15) is 0 Å². The topological polar surface area (TPSA) is 32.6 Å². The average molecular weight is 306 g/mol. The summed E-state index contributed by atoms with van der Waals surface area (Å²) >= 11 is 1.72. The molecule has 0 aliphatic carbocycles. The number of nitrogens with one attached hydrogen (secondary N) is 1. The molecule has 0 aromatic carbocycles. The summed E-state index contributed by atoms with van der Waals surface area (Å²) in [4.78, 5) is 8.52. The quantitative estimate of drug-likeness (QED) is 0.917. The second-order valence-electron chi connectivity index (χ2n) is 7.03. The fourth-order valence-corrected chi connectivity index (χ4v) is 3.91. The number of rotatable bonds is 5. The van der Waals surface area contributed by atoms with E-state index in [1.54, 1.807) is 11.3 Å². The van der Waals surface area contributed by atoms with Crippen LogP contribution in [0.1, 0.15) is 46.2 Å². The van der Waals surface area contributed by atoms with Crippen LogP contribution in [0.15, 0.2) is 11.6 Å². The van der Waals surface area contributed by atoms with E-state index in [0.717, 1.165) is 24.6 Å². The third kappa shape index (κ3) is 2.81. The van der Waals surface area contributed by atoms with Crippen LogP contribution in [0.2, 0.25) is 0 Å². The van der Waals surface area contributed by atoms with Crippen molar-refractivity contribution in [2.75, 3.05) is 18.0 Å². The monoisotopic (exact) mass is 306 g/mol. The van der Waals surface area contributed by atoms with E-state index in [2.05, 4.69) is 53.9 Å². The van der Waals surface area contributed by atoms with E-state index < -0.39 is 0 Å². The molecule has 0 spiro atoms. The maximum absolute atomic E-state index is 4.92. The van der Waals surface area contributed by atoms with Gasteiger partial charge in [0.25, 0.3) is 0 Å². The zero-order chi connectivity index (χ0) is 15.0. The number of fused-ring (bicyclic) bond motifs is 1. The first-order valence-corrected chi connectivity index (χ1v) is 8.80. The number of nitrogens with zero attached hydrogens (tertiary/aromatic N) is 3. The molecule has 0 amide bonds. The van der Waals surface area contributed by atoms with E-state index in [0.29, 0.717) is 5.92 Å². The Balaban J connectivity index is 1.92. The molecule has 116 valence electrons. The lowest BCUT2D eigenvalue weighted by Crippen LogP contribution is -2.39. The van der Waals surface area contributed by atoms with Crippen LogP contribution in [-0.2, 0) is 6.54 Å². The van der Waals surface area contributed by atoms with Crippen molar-refractivity contribution in [3.05, 3.63) is 17.3 Å². The predicted octanol–water partition coefficient (Wildman–Crippen LogP) is 3.52. The Kier molecular flexibility index (Phi) is 3.97. The number of anilines is 1. The van der Waals surface area contributed by atoms with Gasteiger partial charge in [0.1, 0.15) is 0 Å². The first-order chi connectivity index (χ1) is 9.99. The van der Waals surface area contributed by atoms with Gasteiger partial charge in [-0.3, -0.25) is 4.40 Å². The highest BCUT2D eigenvalue weighted by molar-refractivity contribution is 7.15. The number of hydrogen-bond acceptors (Lipinski definition) is 4. The van der Waals surface area contributed by atoms with Gasteiger partial charge in [0, 0.05) is 30.2 Å². The normalized spacial score (nSPS) is 18.2. The van der Waals surface area contributed by atoms with Crippen LogP contribution in [0.4, 0.5) is 5.82 Å². The fourth-order valence-electron chi connectivity index (χ4n) is 3.18. The van der Waals surface area contributed by atoms with Crippen LogP contribution in [0, 0.1) is 5.92 Å². The highest BCUT2D eigenvalue weighted by Gasteiger charge is 2.35. The van der Waals surface area contributed by atoms with E-state index in [1.165, 1.54) is 24.4 Å². The van der Waals surface area contributed by atoms with E-state index in [-0.39, 0.29) is 5.54 Å². The molecule has 21 heavy (non-hydrogen) atoms. The molecule has 1 aliphatic heterocycles. The molecule has 3 rings (SSSR count). The molecule has 0 bridgehead atoms. The highest BCUT2D eigenvalue weighted by atomic mass is 32.1. The van der Waals surface area contributed by atoms with Gasteiger partial charge < -0.3 is 10.2 Å². The summed E-state index contributed by atoms with van der Waals surface area (Å²) in [5.41, 5.74) is 1.53. The van der Waals surface area contributed by atoms with Gasteiger partial charge >= 0.3 is 0 Å². The zero-order valence-corrected chi connectivity index (χ0v) is 14.3. The maximum atomic E-state index is 4.92. The van der Waals surface area contributed by atoms with Crippen molar-refractivity contribution >= 4 is 22.1 Å². The van der Waals surface area contributed by atoms with Crippen molar-refractivity contribution in [3.8, 4) is 0 Å². The molecule has 4 nitrogen and oxygen atoms in total. The standard InChI is InChI=1S/C16H26N4S/c1-12(2)10-17-11-13-14(18-15-19(13)8-9-21-15)20-7-5-6-16(20,3)4/h8-9,12,17H,5-7,10-11H2,1-4H3. The van der Waals surface area contributed by atoms with Crippen molar-refractivity contribution in [2.24, 2.45) is 5.92 Å². The lowest BCUT2D eigenvalue weighted by Gasteiger charge is -2.32. The lowest BCUT2D eigenvalue weighted by molar-refractivity contribution is 0.509. The molecule has 3 heterocycles. The molecule has 1 aliphatic rings. The Bertz CT molecular complexity index is 611. The minimum absolute atomic E-state index is 0.219. The molecule has 0 atom stereocenters. The van der Waals surface area contributed by atoms with Crippen LogP contribution >= 0.6 is 11.3 Å². The van der Waals surface area contributed by atoms with E-state index in [4.69, 9.17) is 4.98 Å². The number of hydrogen-bond donors (Lipinski definition) is 1. The summed E-state index contributed by atoms with van der Waals surface area (Å²) in [6.07, 6.45) is 4.65. The average Bonchev–Trinajstić information content (AvgIpc) is 3.04. The Labute approximate surface area is 131 Å². The minimum atomic E-state index is 0.219. The largest absolute Gasteiger partial charge is 0.350 e. The van der Waals surface area contributed by atoms with Gasteiger partial charge in [-0.2, -0.15) is 0 Å². The van der Waals surface area contributed by atoms with Crippen LogP contribution in [0.25, 0.3) is 4.96 Å². The zero-order valence-electron chi connectivity index (χ0n) is 13.5. The van der Waals surface area contributed by atoms with Gasteiger partial charge in [0.15, 0.2) is 10.8 Å². The Morgan fingerprint density at radius 2 is 2.24 bits per heavy atom. The summed E-state index contributed by atoms with van der Waals surface area (Å²) in [5.74, 6) is 1.85.